The van der Waals surface area contributed by atoms with E-state index in [0.29, 0.717) is 12.1 Å². The highest BCUT2D eigenvalue weighted by Crippen LogP contribution is 2.45. The van der Waals surface area contributed by atoms with Crippen LogP contribution >= 0.6 is 0 Å². The first-order chi connectivity index (χ1) is 10.7. The van der Waals surface area contributed by atoms with Crippen molar-refractivity contribution >= 4 is 11.5 Å². The van der Waals surface area contributed by atoms with Crippen LogP contribution in [0.4, 0.5) is 5.82 Å². The second-order valence-corrected chi connectivity index (χ2v) is 8.85. The van der Waals surface area contributed by atoms with Crippen molar-refractivity contribution in [2.45, 2.75) is 77.5 Å². The topological polar surface area (TPSA) is 42.7 Å². The molecular weight excluding hydrogens is 288 g/mol. The molecule has 124 valence electrons. The van der Waals surface area contributed by atoms with Crippen molar-refractivity contribution in [3.05, 3.63) is 18.0 Å². The van der Waals surface area contributed by atoms with Gasteiger partial charge in [0.05, 0.1) is 18.4 Å². The Labute approximate surface area is 137 Å². The number of ether oxygens (including phenoxy) is 1. The number of fused-ring (bicyclic) bond motifs is 3. The van der Waals surface area contributed by atoms with Crippen LogP contribution in [0.5, 0.6) is 5.75 Å². The molecule has 4 rings (SSSR count). The largest absolute Gasteiger partial charge is 0.483 e. The molecule has 2 aromatic heterocycles. The van der Waals surface area contributed by atoms with Gasteiger partial charge in [-0.15, -0.1) is 0 Å². The van der Waals surface area contributed by atoms with E-state index < -0.39 is 0 Å². The van der Waals surface area contributed by atoms with Gasteiger partial charge < -0.3 is 9.64 Å². The minimum atomic E-state index is 0.0179. The van der Waals surface area contributed by atoms with Crippen LogP contribution < -0.4 is 9.64 Å². The summed E-state index contributed by atoms with van der Waals surface area (Å²) in [6, 6.07) is 0.443. The molecule has 5 nitrogen and oxygen atoms in total. The van der Waals surface area contributed by atoms with E-state index in [0.717, 1.165) is 23.6 Å². The molecule has 23 heavy (non-hydrogen) atoms. The summed E-state index contributed by atoms with van der Waals surface area (Å²) >= 11 is 0. The molecule has 2 aliphatic rings. The second-order valence-electron chi connectivity index (χ2n) is 8.85. The molecule has 0 N–H and O–H groups in total. The molecule has 1 fully saturated rings. The van der Waals surface area contributed by atoms with Gasteiger partial charge in [-0.3, -0.25) is 0 Å². The monoisotopic (exact) mass is 314 g/mol. The molecule has 0 bridgehead atoms. The Balaban J connectivity index is 1.93. The van der Waals surface area contributed by atoms with E-state index >= 15 is 0 Å². The Bertz CT molecular complexity index is 766. The van der Waals surface area contributed by atoms with Gasteiger partial charge in [0, 0.05) is 11.1 Å². The lowest BCUT2D eigenvalue weighted by molar-refractivity contribution is 0.0616. The average molecular weight is 314 g/mol. The van der Waals surface area contributed by atoms with Crippen LogP contribution in [-0.2, 0) is 5.41 Å². The summed E-state index contributed by atoms with van der Waals surface area (Å²) in [6.07, 6.45) is 6.53. The molecule has 0 unspecified atom stereocenters. The predicted octanol–water partition coefficient (Wildman–Crippen LogP) is 3.56. The number of aromatic nitrogens is 3. The van der Waals surface area contributed by atoms with Crippen LogP contribution in [0.2, 0.25) is 0 Å². The quantitative estimate of drug-likeness (QED) is 0.746. The van der Waals surface area contributed by atoms with Crippen LogP contribution in [0.15, 0.2) is 12.4 Å². The maximum Gasteiger partial charge on any atom is 0.180 e. The van der Waals surface area contributed by atoms with Crippen molar-refractivity contribution in [2.24, 2.45) is 0 Å². The molecule has 1 aliphatic carbocycles. The van der Waals surface area contributed by atoms with Crippen LogP contribution in [0, 0.1) is 0 Å². The zero-order valence-corrected chi connectivity index (χ0v) is 14.9. The lowest BCUT2D eigenvalue weighted by Crippen LogP contribution is -2.62. The predicted molar refractivity (Wildman–Crippen MR) is 91.4 cm³/mol. The van der Waals surface area contributed by atoms with Gasteiger partial charge in [0.15, 0.2) is 17.2 Å². The summed E-state index contributed by atoms with van der Waals surface area (Å²) in [5, 5.41) is 4.50. The van der Waals surface area contributed by atoms with Gasteiger partial charge in [-0.05, 0) is 39.0 Å². The molecule has 0 spiro atoms. The summed E-state index contributed by atoms with van der Waals surface area (Å²) in [7, 11) is 0. The Morgan fingerprint density at radius 3 is 2.43 bits per heavy atom. The van der Waals surface area contributed by atoms with Gasteiger partial charge in [0.25, 0.3) is 0 Å². The van der Waals surface area contributed by atoms with Crippen molar-refractivity contribution in [1.82, 2.24) is 14.6 Å². The Hall–Kier alpha value is -1.78. The standard InChI is InChI=1S/C18H26N4O/c1-17(2,3)11-9-19-21-10-14-16(20-15(11)21)22(18(4,5)6)12-7-8-13(12)23-14/h9-10,12-13H,7-8H2,1-6H3/t12-,13-/m1/s1. The molecule has 1 aliphatic heterocycles. The maximum atomic E-state index is 6.19. The fraction of sp³-hybridized carbons (Fsp3) is 0.667. The highest BCUT2D eigenvalue weighted by Gasteiger charge is 2.47. The smallest absolute Gasteiger partial charge is 0.180 e. The molecule has 1 saturated carbocycles. The van der Waals surface area contributed by atoms with E-state index in [4.69, 9.17) is 9.72 Å². The third-order valence-electron chi connectivity index (χ3n) is 4.99. The molecule has 0 aromatic carbocycles. The van der Waals surface area contributed by atoms with Crippen molar-refractivity contribution in [3.63, 3.8) is 0 Å². The number of anilines is 1. The summed E-state index contributed by atoms with van der Waals surface area (Å²) in [4.78, 5) is 7.47. The van der Waals surface area contributed by atoms with Crippen LogP contribution in [0.1, 0.15) is 59.9 Å². The van der Waals surface area contributed by atoms with E-state index in [1.165, 1.54) is 12.0 Å². The van der Waals surface area contributed by atoms with Crippen LogP contribution in [0.3, 0.4) is 0 Å². The van der Waals surface area contributed by atoms with Crippen molar-refractivity contribution in [2.75, 3.05) is 4.90 Å². The Morgan fingerprint density at radius 2 is 1.87 bits per heavy atom. The molecule has 0 saturated heterocycles. The van der Waals surface area contributed by atoms with E-state index in [2.05, 4.69) is 51.5 Å². The van der Waals surface area contributed by atoms with Gasteiger partial charge in [0.1, 0.15) is 6.10 Å². The summed E-state index contributed by atoms with van der Waals surface area (Å²) in [5.41, 5.74) is 2.15. The number of hydrogen-bond donors (Lipinski definition) is 0. The normalized spacial score (nSPS) is 24.0. The molecule has 0 radical (unpaired) electrons. The Morgan fingerprint density at radius 1 is 1.13 bits per heavy atom. The van der Waals surface area contributed by atoms with E-state index in [-0.39, 0.29) is 11.0 Å². The maximum absolute atomic E-state index is 6.19. The number of hydrogen-bond acceptors (Lipinski definition) is 4. The molecule has 3 heterocycles. The van der Waals surface area contributed by atoms with Gasteiger partial charge in [-0.2, -0.15) is 5.10 Å². The lowest BCUT2D eigenvalue weighted by atomic mass is 9.83. The summed E-state index contributed by atoms with van der Waals surface area (Å²) < 4.78 is 8.05. The molecule has 0 amide bonds. The zero-order chi connectivity index (χ0) is 16.6. The highest BCUT2D eigenvalue weighted by atomic mass is 16.5. The molecule has 2 aromatic rings. The number of rotatable bonds is 0. The van der Waals surface area contributed by atoms with Gasteiger partial charge >= 0.3 is 0 Å². The minimum Gasteiger partial charge on any atom is -0.483 e. The Kier molecular flexibility index (Phi) is 2.83. The minimum absolute atomic E-state index is 0.0179. The molecule has 5 heteroatoms. The van der Waals surface area contributed by atoms with E-state index in [1.54, 1.807) is 0 Å². The first kappa shape index (κ1) is 14.8. The fourth-order valence-corrected chi connectivity index (χ4v) is 3.69. The third kappa shape index (κ3) is 2.12. The first-order valence-corrected chi connectivity index (χ1v) is 8.51. The SMILES string of the molecule is CC(C)(C)c1cnn2cc3c(nc12)N(C(C)(C)C)[C@@H]1CC[C@H]1O3. The lowest BCUT2D eigenvalue weighted by Gasteiger charge is -2.53. The third-order valence-corrected chi connectivity index (χ3v) is 4.99. The average Bonchev–Trinajstić information content (AvgIpc) is 2.80. The molecular formula is C18H26N4O. The first-order valence-electron chi connectivity index (χ1n) is 8.51. The summed E-state index contributed by atoms with van der Waals surface area (Å²) in [6.45, 7) is 13.4. The second kappa shape index (κ2) is 4.40. The van der Waals surface area contributed by atoms with Crippen LogP contribution in [-0.4, -0.2) is 32.3 Å². The highest BCUT2D eigenvalue weighted by molar-refractivity contribution is 5.64. The van der Waals surface area contributed by atoms with Crippen molar-refractivity contribution < 1.29 is 4.74 Å². The van der Waals surface area contributed by atoms with Crippen LogP contribution in [0.25, 0.3) is 5.65 Å². The van der Waals surface area contributed by atoms with Gasteiger partial charge in [-0.1, -0.05) is 20.8 Å². The zero-order valence-electron chi connectivity index (χ0n) is 14.9. The summed E-state index contributed by atoms with van der Waals surface area (Å²) in [5.74, 6) is 1.83. The molecule has 2 atom stereocenters. The fourth-order valence-electron chi connectivity index (χ4n) is 3.69. The van der Waals surface area contributed by atoms with E-state index in [1.807, 2.05) is 16.9 Å². The van der Waals surface area contributed by atoms with Crippen molar-refractivity contribution in [1.29, 1.82) is 0 Å². The van der Waals surface area contributed by atoms with Gasteiger partial charge in [-0.25, -0.2) is 9.50 Å². The van der Waals surface area contributed by atoms with E-state index in [9.17, 15) is 0 Å². The number of nitrogens with zero attached hydrogens (tertiary/aromatic N) is 4. The van der Waals surface area contributed by atoms with Gasteiger partial charge in [0.2, 0.25) is 0 Å². The van der Waals surface area contributed by atoms with Crippen molar-refractivity contribution in [3.8, 4) is 5.75 Å².